The third-order valence-electron chi connectivity index (χ3n) is 2.31. The molecule has 0 spiro atoms. The van der Waals surface area contributed by atoms with Gasteiger partial charge < -0.3 is 26.8 Å². The molecule has 1 aromatic rings. The molecule has 6 N–H and O–H groups in total. The summed E-state index contributed by atoms with van der Waals surface area (Å²) in [4.78, 5) is 10.5. The number of halogens is 1. The van der Waals surface area contributed by atoms with Crippen molar-refractivity contribution in [3.05, 3.63) is 17.9 Å². The summed E-state index contributed by atoms with van der Waals surface area (Å²) in [5, 5.41) is 5.40. The van der Waals surface area contributed by atoms with Crippen LogP contribution in [0.5, 0.6) is 5.75 Å². The van der Waals surface area contributed by atoms with Crippen molar-refractivity contribution in [1.29, 1.82) is 0 Å². The van der Waals surface area contributed by atoms with Gasteiger partial charge in [0.05, 0.1) is 18.0 Å². The van der Waals surface area contributed by atoms with Gasteiger partial charge in [-0.3, -0.25) is 0 Å². The lowest BCUT2D eigenvalue weighted by Crippen LogP contribution is -2.33. The fourth-order valence-corrected chi connectivity index (χ4v) is 1.43. The molecule has 0 saturated heterocycles. The minimum Gasteiger partial charge on any atom is -0.490 e. The van der Waals surface area contributed by atoms with Crippen molar-refractivity contribution in [2.24, 2.45) is 5.73 Å². The number of nitrogens with two attached hydrogens (primary N) is 2. The van der Waals surface area contributed by atoms with E-state index in [0.717, 1.165) is 6.42 Å². The molecular weight excluding hydrogens is 251 g/mol. The minimum atomic E-state index is -0.596. The van der Waals surface area contributed by atoms with Crippen LogP contribution in [0.3, 0.4) is 0 Å². The average molecular weight is 270 g/mol. The zero-order valence-corrected chi connectivity index (χ0v) is 10.8. The Bertz CT molecular complexity index is 440. The van der Waals surface area contributed by atoms with E-state index in [-0.39, 0.29) is 11.4 Å². The zero-order valence-electron chi connectivity index (χ0n) is 10.8. The number of benzene rings is 1. The summed E-state index contributed by atoms with van der Waals surface area (Å²) in [5.41, 5.74) is 11.5. The fraction of sp³-hybridized carbons (Fsp3) is 0.417. The summed E-state index contributed by atoms with van der Waals surface area (Å²) < 4.78 is 18.8. The lowest BCUT2D eigenvalue weighted by atomic mass is 10.2. The molecule has 0 saturated carbocycles. The van der Waals surface area contributed by atoms with Crippen LogP contribution in [-0.4, -0.2) is 25.7 Å². The van der Waals surface area contributed by atoms with Crippen molar-refractivity contribution >= 4 is 17.4 Å². The standard InChI is InChI=1S/C12H19FN4O2/c1-2-5-19-11-7-10(9(14)6-8(11)13)16-3-4-17-12(15)18/h6-7,16H,2-5,14H2,1H3,(H3,15,17,18). The Hall–Kier alpha value is -2.18. The second-order valence-electron chi connectivity index (χ2n) is 3.94. The molecule has 0 radical (unpaired) electrons. The van der Waals surface area contributed by atoms with E-state index in [2.05, 4.69) is 10.6 Å². The summed E-state index contributed by atoms with van der Waals surface area (Å²) in [6.07, 6.45) is 0.787. The van der Waals surface area contributed by atoms with Crippen LogP contribution in [-0.2, 0) is 0 Å². The SMILES string of the molecule is CCCOc1cc(NCCNC(N)=O)c(N)cc1F. The number of carbonyl (C=O) groups is 1. The number of anilines is 2. The third kappa shape index (κ3) is 4.90. The van der Waals surface area contributed by atoms with Crippen LogP contribution in [0.4, 0.5) is 20.6 Å². The predicted molar refractivity (Wildman–Crippen MR) is 72.7 cm³/mol. The van der Waals surface area contributed by atoms with Crippen molar-refractivity contribution < 1.29 is 13.9 Å². The highest BCUT2D eigenvalue weighted by atomic mass is 19.1. The number of ether oxygens (including phenoxy) is 1. The van der Waals surface area contributed by atoms with Gasteiger partial charge in [-0.25, -0.2) is 9.18 Å². The molecule has 0 aliphatic rings. The average Bonchev–Trinajstić information content (AvgIpc) is 2.35. The molecule has 0 aromatic heterocycles. The first kappa shape index (κ1) is 14.9. The topological polar surface area (TPSA) is 102 Å². The third-order valence-corrected chi connectivity index (χ3v) is 2.31. The Labute approximate surface area is 111 Å². The molecule has 0 unspecified atom stereocenters. The monoisotopic (exact) mass is 270 g/mol. The van der Waals surface area contributed by atoms with Crippen LogP contribution in [0.15, 0.2) is 12.1 Å². The number of nitrogen functional groups attached to an aromatic ring is 1. The maximum atomic E-state index is 13.5. The molecule has 0 aliphatic carbocycles. The maximum absolute atomic E-state index is 13.5. The van der Waals surface area contributed by atoms with Gasteiger partial charge >= 0.3 is 6.03 Å². The van der Waals surface area contributed by atoms with E-state index in [1.807, 2.05) is 6.92 Å². The number of primary amides is 1. The normalized spacial score (nSPS) is 10.0. The summed E-state index contributed by atoms with van der Waals surface area (Å²) in [7, 11) is 0. The minimum absolute atomic E-state index is 0.154. The van der Waals surface area contributed by atoms with Gasteiger partial charge in [-0.2, -0.15) is 0 Å². The fourth-order valence-electron chi connectivity index (χ4n) is 1.43. The first-order chi connectivity index (χ1) is 9.04. The summed E-state index contributed by atoms with van der Waals surface area (Å²) >= 11 is 0. The van der Waals surface area contributed by atoms with Crippen molar-refractivity contribution in [3.63, 3.8) is 0 Å². The quantitative estimate of drug-likeness (QED) is 0.442. The first-order valence-corrected chi connectivity index (χ1v) is 6.03. The van der Waals surface area contributed by atoms with Gasteiger partial charge in [-0.05, 0) is 6.42 Å². The predicted octanol–water partition coefficient (Wildman–Crippen LogP) is 1.28. The molecule has 1 aromatic carbocycles. The van der Waals surface area contributed by atoms with Crippen LogP contribution < -0.4 is 26.8 Å². The summed E-state index contributed by atoms with van der Waals surface area (Å²) in [6, 6.07) is 2.11. The number of urea groups is 1. The van der Waals surface area contributed by atoms with E-state index < -0.39 is 11.8 Å². The second-order valence-corrected chi connectivity index (χ2v) is 3.94. The van der Waals surface area contributed by atoms with Crippen LogP contribution in [0, 0.1) is 5.82 Å². The van der Waals surface area contributed by atoms with E-state index in [0.29, 0.717) is 25.4 Å². The number of nitrogens with one attached hydrogen (secondary N) is 2. The van der Waals surface area contributed by atoms with Gasteiger partial charge in [0.15, 0.2) is 11.6 Å². The van der Waals surface area contributed by atoms with Crippen molar-refractivity contribution in [3.8, 4) is 5.75 Å². The molecule has 6 nitrogen and oxygen atoms in total. The zero-order chi connectivity index (χ0) is 14.3. The summed E-state index contributed by atoms with van der Waals surface area (Å²) in [5.74, 6) is -0.340. The van der Waals surface area contributed by atoms with E-state index in [4.69, 9.17) is 16.2 Å². The first-order valence-electron chi connectivity index (χ1n) is 6.03. The maximum Gasteiger partial charge on any atom is 0.312 e. The van der Waals surface area contributed by atoms with Crippen molar-refractivity contribution in [2.75, 3.05) is 30.7 Å². The van der Waals surface area contributed by atoms with Gasteiger partial charge in [0.25, 0.3) is 0 Å². The molecule has 2 amide bonds. The van der Waals surface area contributed by atoms with Gasteiger partial charge in [0.1, 0.15) is 0 Å². The van der Waals surface area contributed by atoms with Crippen LogP contribution in [0.25, 0.3) is 0 Å². The molecule has 7 heteroatoms. The molecule has 19 heavy (non-hydrogen) atoms. The molecule has 106 valence electrons. The highest BCUT2D eigenvalue weighted by molar-refractivity contribution is 5.72. The molecule has 1 rings (SSSR count). The van der Waals surface area contributed by atoms with E-state index in [1.165, 1.54) is 12.1 Å². The van der Waals surface area contributed by atoms with E-state index in [1.54, 1.807) is 0 Å². The highest BCUT2D eigenvalue weighted by Gasteiger charge is 2.08. The van der Waals surface area contributed by atoms with Crippen LogP contribution in [0.2, 0.25) is 0 Å². The highest BCUT2D eigenvalue weighted by Crippen LogP contribution is 2.28. The number of hydrogen-bond donors (Lipinski definition) is 4. The van der Waals surface area contributed by atoms with Gasteiger partial charge in [0.2, 0.25) is 0 Å². The number of amides is 2. The molecule has 0 aliphatic heterocycles. The van der Waals surface area contributed by atoms with Crippen molar-refractivity contribution in [1.82, 2.24) is 5.32 Å². The lowest BCUT2D eigenvalue weighted by Gasteiger charge is -2.13. The van der Waals surface area contributed by atoms with Crippen LogP contribution in [0.1, 0.15) is 13.3 Å². The summed E-state index contributed by atoms with van der Waals surface area (Å²) in [6.45, 7) is 3.14. The Kier molecular flexibility index (Phi) is 5.72. The molecule has 0 fully saturated rings. The Morgan fingerprint density at radius 3 is 2.79 bits per heavy atom. The molecule has 0 heterocycles. The Morgan fingerprint density at radius 1 is 1.42 bits per heavy atom. The molecule has 0 atom stereocenters. The lowest BCUT2D eigenvalue weighted by molar-refractivity contribution is 0.249. The largest absolute Gasteiger partial charge is 0.490 e. The smallest absolute Gasteiger partial charge is 0.312 e. The van der Waals surface area contributed by atoms with Gasteiger partial charge in [0, 0.05) is 25.2 Å². The Balaban J connectivity index is 2.63. The van der Waals surface area contributed by atoms with Crippen LogP contribution >= 0.6 is 0 Å². The number of hydrogen-bond acceptors (Lipinski definition) is 4. The Morgan fingerprint density at radius 2 is 2.16 bits per heavy atom. The van der Waals surface area contributed by atoms with E-state index in [9.17, 15) is 9.18 Å². The number of rotatable bonds is 7. The van der Waals surface area contributed by atoms with Gasteiger partial charge in [-0.1, -0.05) is 6.92 Å². The number of carbonyl (C=O) groups excluding carboxylic acids is 1. The van der Waals surface area contributed by atoms with E-state index >= 15 is 0 Å². The molecular formula is C12H19FN4O2. The van der Waals surface area contributed by atoms with Crippen molar-refractivity contribution in [2.45, 2.75) is 13.3 Å². The second kappa shape index (κ2) is 7.30. The molecule has 0 bridgehead atoms. The van der Waals surface area contributed by atoms with Gasteiger partial charge in [-0.15, -0.1) is 0 Å².